The van der Waals surface area contributed by atoms with Crippen molar-refractivity contribution in [2.24, 2.45) is 34.0 Å². The maximum absolute atomic E-state index is 12.9. The summed E-state index contributed by atoms with van der Waals surface area (Å²) in [6, 6.07) is 0. The first-order chi connectivity index (χ1) is 15.4. The van der Waals surface area contributed by atoms with Gasteiger partial charge >= 0.3 is 17.9 Å². The Balaban J connectivity index is 1.83. The summed E-state index contributed by atoms with van der Waals surface area (Å²) in [4.78, 5) is 37.5. The molecule has 6 nitrogen and oxygen atoms in total. The molecule has 4 fully saturated rings. The Morgan fingerprint density at radius 1 is 1.03 bits per heavy atom. The van der Waals surface area contributed by atoms with Crippen LogP contribution in [0.4, 0.5) is 0 Å². The lowest BCUT2D eigenvalue weighted by Gasteiger charge is -2.64. The lowest BCUT2D eigenvalue weighted by Crippen LogP contribution is -2.64. The lowest BCUT2D eigenvalue weighted by atomic mass is 9.40. The molecule has 0 saturated heterocycles. The van der Waals surface area contributed by atoms with Gasteiger partial charge in [-0.1, -0.05) is 26.0 Å². The second-order valence-electron chi connectivity index (χ2n) is 11.4. The molecule has 4 rings (SSSR count). The van der Waals surface area contributed by atoms with Crippen molar-refractivity contribution in [1.82, 2.24) is 0 Å². The highest BCUT2D eigenvalue weighted by Crippen LogP contribution is 2.73. The predicted octanol–water partition coefficient (Wildman–Crippen LogP) is 5.07. The van der Waals surface area contributed by atoms with Gasteiger partial charge in [-0.05, 0) is 82.1 Å². The van der Waals surface area contributed by atoms with Crippen LogP contribution in [0.1, 0.15) is 79.6 Å². The van der Waals surface area contributed by atoms with E-state index < -0.39 is 22.9 Å². The number of hydrogen-bond donors (Lipinski definition) is 1. The summed E-state index contributed by atoms with van der Waals surface area (Å²) in [6.07, 6.45) is 6.39. The Morgan fingerprint density at radius 3 is 2.33 bits per heavy atom. The van der Waals surface area contributed by atoms with E-state index in [1.165, 1.54) is 6.92 Å². The molecule has 1 N–H and O–H groups in total. The van der Waals surface area contributed by atoms with E-state index in [4.69, 9.17) is 9.47 Å². The van der Waals surface area contributed by atoms with Gasteiger partial charge in [0.2, 0.25) is 0 Å². The fourth-order valence-electron chi connectivity index (χ4n) is 8.48. The smallest absolute Gasteiger partial charge is 0.333 e. The third kappa shape index (κ3) is 3.23. The third-order valence-electron chi connectivity index (χ3n) is 10.0. The zero-order valence-electron chi connectivity index (χ0n) is 20.6. The van der Waals surface area contributed by atoms with Crippen LogP contribution >= 0.6 is 0 Å². The Labute approximate surface area is 196 Å². The second kappa shape index (κ2) is 7.99. The first-order valence-electron chi connectivity index (χ1n) is 12.4. The van der Waals surface area contributed by atoms with E-state index in [0.29, 0.717) is 24.8 Å². The van der Waals surface area contributed by atoms with Crippen molar-refractivity contribution in [3.05, 3.63) is 23.8 Å². The molecule has 4 saturated carbocycles. The molecule has 8 atom stereocenters. The normalized spacial score (nSPS) is 44.5. The quantitative estimate of drug-likeness (QED) is 0.359. The van der Waals surface area contributed by atoms with Crippen LogP contribution in [0.5, 0.6) is 0 Å². The van der Waals surface area contributed by atoms with Gasteiger partial charge < -0.3 is 14.6 Å². The molecular formula is C27H38O6. The zero-order valence-corrected chi connectivity index (χ0v) is 20.6. The fraction of sp³-hybridized carbons (Fsp3) is 0.741. The molecule has 0 heterocycles. The van der Waals surface area contributed by atoms with E-state index in [2.05, 4.69) is 13.5 Å². The molecule has 6 heteroatoms. The van der Waals surface area contributed by atoms with Gasteiger partial charge in [-0.3, -0.25) is 9.59 Å². The first kappa shape index (κ1) is 24.0. The SMILES string of the molecule is C=C1[C@H]2CC[C@H]3[C@]4(C)CCC[C@@](C)(C(=O)O)[C@@H]4CC[C@@]3([C@@H]1OC(=O)/C(C)=C\C)[C@H]2OC(C)=O. The highest BCUT2D eigenvalue weighted by atomic mass is 16.6. The van der Waals surface area contributed by atoms with Gasteiger partial charge in [0, 0.05) is 18.4 Å². The number of allylic oxidation sites excluding steroid dienone is 1. The molecule has 4 aliphatic rings. The Hall–Kier alpha value is -2.11. The first-order valence-corrected chi connectivity index (χ1v) is 12.4. The molecule has 2 bridgehead atoms. The minimum Gasteiger partial charge on any atom is -0.481 e. The lowest BCUT2D eigenvalue weighted by molar-refractivity contribution is -0.224. The summed E-state index contributed by atoms with van der Waals surface area (Å²) in [5.74, 6) is -1.33. The minimum absolute atomic E-state index is 0.0314. The number of rotatable bonds is 4. The van der Waals surface area contributed by atoms with Crippen molar-refractivity contribution < 1.29 is 29.0 Å². The molecule has 0 radical (unpaired) electrons. The van der Waals surface area contributed by atoms with Gasteiger partial charge in [0.25, 0.3) is 0 Å². The van der Waals surface area contributed by atoms with Gasteiger partial charge in [-0.15, -0.1) is 0 Å². The van der Waals surface area contributed by atoms with E-state index in [1.54, 1.807) is 13.0 Å². The number of hydrogen-bond acceptors (Lipinski definition) is 5. The highest BCUT2D eigenvalue weighted by molar-refractivity contribution is 5.88. The highest BCUT2D eigenvalue weighted by Gasteiger charge is 2.73. The molecule has 4 aliphatic carbocycles. The number of carboxylic acid groups (broad SMARTS) is 1. The molecule has 0 unspecified atom stereocenters. The van der Waals surface area contributed by atoms with Crippen molar-refractivity contribution in [2.45, 2.75) is 91.8 Å². The number of carbonyl (C=O) groups is 3. The number of esters is 2. The molecule has 0 aliphatic heterocycles. The maximum atomic E-state index is 12.9. The summed E-state index contributed by atoms with van der Waals surface area (Å²) in [5.41, 5.74) is -0.182. The van der Waals surface area contributed by atoms with Gasteiger partial charge in [0.15, 0.2) is 0 Å². The molecule has 33 heavy (non-hydrogen) atoms. The fourth-order valence-corrected chi connectivity index (χ4v) is 8.48. The minimum atomic E-state index is -0.772. The molecule has 182 valence electrons. The summed E-state index contributed by atoms with van der Waals surface area (Å²) in [5, 5.41) is 10.2. The standard InChI is InChI=1S/C27H38O6/c1-7-15(2)23(29)33-21-16(3)18-9-10-20-25(5)12-8-13-26(6,24(30)31)19(25)11-14-27(20,21)22(18)32-17(4)28/h7,18-22H,3,8-14H2,1-2,4-6H3,(H,30,31)/b15-7-/t18-,19-,20+,21-,22+,25-,26-,27-/m1/s1. The summed E-state index contributed by atoms with van der Waals surface area (Å²) in [6.45, 7) is 13.5. The van der Waals surface area contributed by atoms with Crippen LogP contribution in [0.15, 0.2) is 23.8 Å². The van der Waals surface area contributed by atoms with E-state index >= 15 is 0 Å². The number of fused-ring (bicyclic) bond motifs is 3. The van der Waals surface area contributed by atoms with Crippen LogP contribution < -0.4 is 0 Å². The summed E-state index contributed by atoms with van der Waals surface area (Å²) < 4.78 is 12.2. The number of carbonyl (C=O) groups excluding carboxylic acids is 2. The largest absolute Gasteiger partial charge is 0.481 e. The molecule has 0 aromatic heterocycles. The van der Waals surface area contributed by atoms with E-state index in [0.717, 1.165) is 31.3 Å². The van der Waals surface area contributed by atoms with Crippen LogP contribution in [0.2, 0.25) is 0 Å². The monoisotopic (exact) mass is 458 g/mol. The second-order valence-corrected chi connectivity index (χ2v) is 11.4. The zero-order chi connectivity index (χ0) is 24.3. The molecule has 0 aromatic carbocycles. The molecule has 1 spiro atoms. The van der Waals surface area contributed by atoms with Crippen molar-refractivity contribution in [1.29, 1.82) is 0 Å². The summed E-state index contributed by atoms with van der Waals surface area (Å²) in [7, 11) is 0. The summed E-state index contributed by atoms with van der Waals surface area (Å²) >= 11 is 0. The van der Waals surface area contributed by atoms with Crippen molar-refractivity contribution in [3.8, 4) is 0 Å². The van der Waals surface area contributed by atoms with Crippen LogP contribution in [-0.2, 0) is 23.9 Å². The van der Waals surface area contributed by atoms with Gasteiger partial charge in [0.05, 0.1) is 10.8 Å². The maximum Gasteiger partial charge on any atom is 0.333 e. The Kier molecular flexibility index (Phi) is 5.82. The third-order valence-corrected chi connectivity index (χ3v) is 10.0. The topological polar surface area (TPSA) is 89.9 Å². The van der Waals surface area contributed by atoms with E-state index in [9.17, 15) is 19.5 Å². The van der Waals surface area contributed by atoms with E-state index in [1.807, 2.05) is 13.8 Å². The molecular weight excluding hydrogens is 420 g/mol. The number of carboxylic acids is 1. The predicted molar refractivity (Wildman–Crippen MR) is 123 cm³/mol. The van der Waals surface area contributed by atoms with Crippen molar-refractivity contribution in [3.63, 3.8) is 0 Å². The Morgan fingerprint density at radius 2 is 1.73 bits per heavy atom. The average Bonchev–Trinajstić information content (AvgIpc) is 2.86. The van der Waals surface area contributed by atoms with Gasteiger partial charge in [0.1, 0.15) is 12.2 Å². The van der Waals surface area contributed by atoms with Crippen LogP contribution in [0.25, 0.3) is 0 Å². The van der Waals surface area contributed by atoms with Crippen LogP contribution in [0.3, 0.4) is 0 Å². The Bertz CT molecular complexity index is 920. The van der Waals surface area contributed by atoms with Crippen LogP contribution in [-0.4, -0.2) is 35.2 Å². The number of ether oxygens (including phenoxy) is 2. The average molecular weight is 459 g/mol. The number of aliphatic carboxylic acids is 1. The molecule has 0 aromatic rings. The van der Waals surface area contributed by atoms with Crippen LogP contribution in [0, 0.1) is 34.0 Å². The van der Waals surface area contributed by atoms with Crippen molar-refractivity contribution >= 4 is 17.9 Å². The van der Waals surface area contributed by atoms with Gasteiger partial charge in [-0.2, -0.15) is 0 Å². The molecule has 0 amide bonds. The van der Waals surface area contributed by atoms with Crippen molar-refractivity contribution in [2.75, 3.05) is 0 Å². The van der Waals surface area contributed by atoms with E-state index in [-0.39, 0.29) is 41.2 Å². The van der Waals surface area contributed by atoms with Gasteiger partial charge in [-0.25, -0.2) is 4.79 Å².